The van der Waals surface area contributed by atoms with Gasteiger partial charge in [0.2, 0.25) is 11.8 Å². The summed E-state index contributed by atoms with van der Waals surface area (Å²) in [5.74, 6) is -0.997. The molecule has 6 heteroatoms. The van der Waals surface area contributed by atoms with Crippen LogP contribution in [-0.2, 0) is 9.59 Å². The van der Waals surface area contributed by atoms with Crippen LogP contribution in [0, 0.1) is 5.82 Å². The monoisotopic (exact) mass is 305 g/mol. The van der Waals surface area contributed by atoms with Crippen molar-refractivity contribution in [2.24, 2.45) is 0 Å². The second kappa shape index (κ2) is 6.44. The number of hydrogen-bond acceptors (Lipinski definition) is 3. The minimum atomic E-state index is -0.550. The topological polar surface area (TPSA) is 70.2 Å². The number of fused-ring (bicyclic) bond motifs is 1. The Morgan fingerprint density at radius 3 is 2.73 bits per heavy atom. The third-order valence-corrected chi connectivity index (χ3v) is 4.36. The first-order chi connectivity index (χ1) is 10.6. The van der Waals surface area contributed by atoms with E-state index in [4.69, 9.17) is 0 Å². The third kappa shape index (κ3) is 3.27. The number of nitrogens with one attached hydrogen (secondary N) is 3. The maximum Gasteiger partial charge on any atom is 0.237 e. The fraction of sp³-hybridized carbons (Fsp3) is 0.500. The molecular formula is C16H20FN3O2. The Hall–Kier alpha value is -1.95. The molecule has 2 amide bonds. The molecule has 1 heterocycles. The molecule has 1 aliphatic heterocycles. The molecule has 0 unspecified atom stereocenters. The zero-order chi connectivity index (χ0) is 15.5. The highest BCUT2D eigenvalue weighted by Crippen LogP contribution is 2.22. The van der Waals surface area contributed by atoms with Crippen LogP contribution in [0.3, 0.4) is 0 Å². The predicted molar refractivity (Wildman–Crippen MR) is 80.8 cm³/mol. The van der Waals surface area contributed by atoms with Crippen molar-refractivity contribution in [1.29, 1.82) is 0 Å². The van der Waals surface area contributed by atoms with Crippen LogP contribution in [-0.4, -0.2) is 29.9 Å². The minimum Gasteiger partial charge on any atom is -0.350 e. The van der Waals surface area contributed by atoms with Crippen molar-refractivity contribution in [3.05, 3.63) is 30.1 Å². The lowest BCUT2D eigenvalue weighted by Gasteiger charge is -2.40. The van der Waals surface area contributed by atoms with Crippen molar-refractivity contribution >= 4 is 17.5 Å². The Kier molecular flexibility index (Phi) is 4.38. The van der Waals surface area contributed by atoms with Crippen LogP contribution < -0.4 is 16.0 Å². The highest BCUT2D eigenvalue weighted by molar-refractivity contribution is 5.95. The molecule has 22 heavy (non-hydrogen) atoms. The van der Waals surface area contributed by atoms with Crippen molar-refractivity contribution < 1.29 is 14.0 Å². The van der Waals surface area contributed by atoms with E-state index in [1.165, 1.54) is 12.1 Å². The normalized spacial score (nSPS) is 27.7. The summed E-state index contributed by atoms with van der Waals surface area (Å²) in [5, 5.41) is 8.78. The van der Waals surface area contributed by atoms with Crippen LogP contribution in [0.25, 0.3) is 0 Å². The van der Waals surface area contributed by atoms with E-state index >= 15 is 0 Å². The summed E-state index contributed by atoms with van der Waals surface area (Å²) < 4.78 is 13.5. The number of carbonyl (C=O) groups is 2. The molecular weight excluding hydrogens is 285 g/mol. The lowest BCUT2D eigenvalue weighted by molar-refractivity contribution is -0.129. The van der Waals surface area contributed by atoms with Crippen LogP contribution in [0.4, 0.5) is 10.1 Å². The number of para-hydroxylation sites is 1. The fourth-order valence-electron chi connectivity index (χ4n) is 3.22. The molecule has 0 bridgehead atoms. The minimum absolute atomic E-state index is 0.00336. The average Bonchev–Trinajstić information content (AvgIpc) is 2.50. The number of halogens is 1. The Morgan fingerprint density at radius 2 is 1.95 bits per heavy atom. The smallest absolute Gasteiger partial charge is 0.237 e. The van der Waals surface area contributed by atoms with Gasteiger partial charge in [-0.15, -0.1) is 0 Å². The predicted octanol–water partition coefficient (Wildman–Crippen LogP) is 1.55. The molecule has 5 nitrogen and oxygen atoms in total. The van der Waals surface area contributed by atoms with Gasteiger partial charge in [0.25, 0.3) is 0 Å². The number of piperazine rings is 1. The molecule has 118 valence electrons. The Balaban J connectivity index is 1.59. The molecule has 1 aromatic carbocycles. The van der Waals surface area contributed by atoms with Gasteiger partial charge < -0.3 is 16.0 Å². The van der Waals surface area contributed by atoms with E-state index in [2.05, 4.69) is 16.0 Å². The molecule has 3 rings (SSSR count). The van der Waals surface area contributed by atoms with Gasteiger partial charge in [0.15, 0.2) is 0 Å². The SMILES string of the molecule is O=C(C[C@H]1N[C@H]2CCCC[C@H]2NC1=O)Nc1ccccc1F. The number of benzene rings is 1. The molecule has 1 aliphatic carbocycles. The summed E-state index contributed by atoms with van der Waals surface area (Å²) in [6, 6.07) is 5.85. The second-order valence-corrected chi connectivity index (χ2v) is 5.96. The Morgan fingerprint density at radius 1 is 1.23 bits per heavy atom. The number of rotatable bonds is 3. The summed E-state index contributed by atoms with van der Waals surface area (Å²) >= 11 is 0. The molecule has 3 N–H and O–H groups in total. The number of hydrogen-bond donors (Lipinski definition) is 3. The van der Waals surface area contributed by atoms with Gasteiger partial charge >= 0.3 is 0 Å². The lowest BCUT2D eigenvalue weighted by atomic mass is 9.87. The van der Waals surface area contributed by atoms with Gasteiger partial charge in [-0.3, -0.25) is 9.59 Å². The van der Waals surface area contributed by atoms with Crippen LogP contribution in [0.5, 0.6) is 0 Å². The van der Waals surface area contributed by atoms with Crippen LogP contribution in [0.2, 0.25) is 0 Å². The third-order valence-electron chi connectivity index (χ3n) is 4.36. The highest BCUT2D eigenvalue weighted by Gasteiger charge is 2.36. The number of anilines is 1. The summed E-state index contributed by atoms with van der Waals surface area (Å²) in [7, 11) is 0. The molecule has 0 aromatic heterocycles. The van der Waals surface area contributed by atoms with E-state index in [0.717, 1.165) is 25.7 Å². The van der Waals surface area contributed by atoms with Crippen LogP contribution in [0.15, 0.2) is 24.3 Å². The first kappa shape index (κ1) is 15.0. The van der Waals surface area contributed by atoms with Gasteiger partial charge in [-0.05, 0) is 25.0 Å². The first-order valence-electron chi connectivity index (χ1n) is 7.74. The summed E-state index contributed by atoms with van der Waals surface area (Å²) in [5.41, 5.74) is 0.138. The van der Waals surface area contributed by atoms with E-state index in [-0.39, 0.29) is 36.0 Å². The van der Waals surface area contributed by atoms with E-state index < -0.39 is 11.9 Å². The molecule has 2 fully saturated rings. The van der Waals surface area contributed by atoms with Gasteiger partial charge in [0.1, 0.15) is 5.82 Å². The maximum absolute atomic E-state index is 13.5. The summed E-state index contributed by atoms with van der Waals surface area (Å²) in [4.78, 5) is 24.1. The van der Waals surface area contributed by atoms with Gasteiger partial charge in [-0.25, -0.2) is 4.39 Å². The van der Waals surface area contributed by atoms with Crippen molar-refractivity contribution in [2.75, 3.05) is 5.32 Å². The van der Waals surface area contributed by atoms with Gasteiger partial charge in [-0.1, -0.05) is 25.0 Å². The second-order valence-electron chi connectivity index (χ2n) is 5.96. The average molecular weight is 305 g/mol. The summed E-state index contributed by atoms with van der Waals surface area (Å²) in [6.45, 7) is 0. The molecule has 1 aromatic rings. The fourth-order valence-corrected chi connectivity index (χ4v) is 3.22. The molecule has 1 saturated heterocycles. The zero-order valence-electron chi connectivity index (χ0n) is 12.3. The quantitative estimate of drug-likeness (QED) is 0.793. The van der Waals surface area contributed by atoms with Crippen molar-refractivity contribution in [2.45, 2.75) is 50.2 Å². The first-order valence-corrected chi connectivity index (χ1v) is 7.74. The Labute approximate surface area is 128 Å². The van der Waals surface area contributed by atoms with E-state index in [9.17, 15) is 14.0 Å². The Bertz CT molecular complexity index is 578. The number of carbonyl (C=O) groups excluding carboxylic acids is 2. The highest BCUT2D eigenvalue weighted by atomic mass is 19.1. The standard InChI is InChI=1S/C16H20FN3O2/c17-10-5-1-2-6-11(10)19-15(21)9-14-16(22)20-13-8-4-3-7-12(13)18-14/h1-2,5-6,12-14,18H,3-4,7-9H2,(H,19,21)(H,20,22)/t12-,13+,14+/m0/s1. The van der Waals surface area contributed by atoms with Crippen molar-refractivity contribution in [1.82, 2.24) is 10.6 Å². The van der Waals surface area contributed by atoms with E-state index in [1.807, 2.05) is 0 Å². The largest absolute Gasteiger partial charge is 0.350 e. The molecule has 1 saturated carbocycles. The summed E-state index contributed by atoms with van der Waals surface area (Å²) in [6.07, 6.45) is 4.26. The number of amides is 2. The van der Waals surface area contributed by atoms with Crippen LogP contribution >= 0.6 is 0 Å². The molecule has 0 spiro atoms. The van der Waals surface area contributed by atoms with E-state index in [0.29, 0.717) is 0 Å². The molecule has 0 radical (unpaired) electrons. The molecule has 3 atom stereocenters. The van der Waals surface area contributed by atoms with Gasteiger partial charge in [-0.2, -0.15) is 0 Å². The van der Waals surface area contributed by atoms with Gasteiger partial charge in [0, 0.05) is 12.1 Å². The van der Waals surface area contributed by atoms with Gasteiger partial charge in [0.05, 0.1) is 18.2 Å². The maximum atomic E-state index is 13.5. The van der Waals surface area contributed by atoms with Crippen LogP contribution in [0.1, 0.15) is 32.1 Å². The van der Waals surface area contributed by atoms with Crippen molar-refractivity contribution in [3.63, 3.8) is 0 Å². The molecule has 2 aliphatic rings. The van der Waals surface area contributed by atoms with E-state index in [1.54, 1.807) is 12.1 Å². The lowest BCUT2D eigenvalue weighted by Crippen LogP contribution is -2.65. The van der Waals surface area contributed by atoms with Crippen molar-refractivity contribution in [3.8, 4) is 0 Å². The zero-order valence-corrected chi connectivity index (χ0v) is 12.3.